The Morgan fingerprint density at radius 2 is 1.73 bits per heavy atom. The first kappa shape index (κ1) is 15.9. The molecule has 5 heteroatoms. The van der Waals surface area contributed by atoms with Gasteiger partial charge in [-0.25, -0.2) is 0 Å². The van der Waals surface area contributed by atoms with Crippen molar-refractivity contribution in [2.75, 3.05) is 12.4 Å². The van der Waals surface area contributed by atoms with E-state index < -0.39 is 0 Å². The molecule has 4 saturated carbocycles. The van der Waals surface area contributed by atoms with Crippen molar-refractivity contribution in [3.63, 3.8) is 0 Å². The molecule has 1 aromatic carbocycles. The Morgan fingerprint density at radius 1 is 1.12 bits per heavy atom. The Balaban J connectivity index is 1.39. The van der Waals surface area contributed by atoms with Gasteiger partial charge in [0.15, 0.2) is 0 Å². The highest BCUT2D eigenvalue weighted by Gasteiger charge is 2.54. The van der Waals surface area contributed by atoms with Crippen molar-refractivity contribution in [2.24, 2.45) is 23.2 Å². The van der Waals surface area contributed by atoms with E-state index in [-0.39, 0.29) is 11.3 Å². The fraction of sp³-hybridized carbons (Fsp3) is 0.524. The molecule has 0 unspecified atom stereocenters. The highest BCUT2D eigenvalue weighted by molar-refractivity contribution is 5.97. The molecule has 0 atom stereocenters. The van der Waals surface area contributed by atoms with Crippen LogP contribution in [0.25, 0.3) is 11.1 Å². The zero-order chi connectivity index (χ0) is 17.7. The molecule has 1 aromatic heterocycles. The number of benzene rings is 1. The smallest absolute Gasteiger partial charge is 0.239 e. The predicted octanol–water partition coefficient (Wildman–Crippen LogP) is 4.51. The molecule has 0 spiro atoms. The van der Waals surface area contributed by atoms with Crippen LogP contribution >= 0.6 is 0 Å². The average Bonchev–Trinajstić information content (AvgIpc) is 3.09. The summed E-state index contributed by atoms with van der Waals surface area (Å²) in [7, 11) is 1.64. The number of carbonyl (C=O) groups excluding carboxylic acids is 1. The maximum atomic E-state index is 13.2. The second-order valence-electron chi connectivity index (χ2n) is 8.45. The summed E-state index contributed by atoms with van der Waals surface area (Å²) < 4.78 is 10.6. The van der Waals surface area contributed by atoms with Crippen LogP contribution in [0.1, 0.15) is 38.5 Å². The minimum atomic E-state index is -0.196. The molecular formula is C21H24N2O3. The van der Waals surface area contributed by atoms with Crippen molar-refractivity contribution in [1.29, 1.82) is 0 Å². The third-order valence-electron chi connectivity index (χ3n) is 6.72. The van der Waals surface area contributed by atoms with Crippen LogP contribution in [0.15, 0.2) is 35.0 Å². The van der Waals surface area contributed by atoms with Crippen LogP contribution in [-0.4, -0.2) is 18.2 Å². The third-order valence-corrected chi connectivity index (χ3v) is 6.72. The Hall–Kier alpha value is -2.30. The topological polar surface area (TPSA) is 64.4 Å². The second kappa shape index (κ2) is 5.86. The number of carbonyl (C=O) groups is 1. The predicted molar refractivity (Wildman–Crippen MR) is 97.7 cm³/mol. The first-order chi connectivity index (χ1) is 12.6. The molecule has 1 N–H and O–H groups in total. The lowest BCUT2D eigenvalue weighted by atomic mass is 9.49. The Bertz CT molecular complexity index is 789. The van der Waals surface area contributed by atoms with Crippen molar-refractivity contribution in [3.05, 3.63) is 30.5 Å². The number of anilines is 1. The van der Waals surface area contributed by atoms with Gasteiger partial charge >= 0.3 is 0 Å². The molecule has 26 heavy (non-hydrogen) atoms. The molecule has 4 aliphatic rings. The number of hydrogen-bond acceptors (Lipinski definition) is 4. The van der Waals surface area contributed by atoms with Crippen molar-refractivity contribution in [1.82, 2.24) is 5.16 Å². The molecule has 4 aliphatic carbocycles. The van der Waals surface area contributed by atoms with Crippen LogP contribution in [0.2, 0.25) is 0 Å². The van der Waals surface area contributed by atoms with E-state index in [9.17, 15) is 4.79 Å². The number of methoxy groups -OCH3 is 1. The lowest BCUT2D eigenvalue weighted by Crippen LogP contribution is -2.51. The van der Waals surface area contributed by atoms with Crippen LogP contribution < -0.4 is 10.1 Å². The summed E-state index contributed by atoms with van der Waals surface area (Å²) >= 11 is 0. The Labute approximate surface area is 153 Å². The van der Waals surface area contributed by atoms with Gasteiger partial charge in [-0.15, -0.1) is 0 Å². The SMILES string of the molecule is COc1ccc(-c2cnoc2NC(=O)C23CC4CC(CC(C4)C2)C3)cc1. The maximum Gasteiger partial charge on any atom is 0.239 e. The summed E-state index contributed by atoms with van der Waals surface area (Å²) in [6, 6.07) is 7.69. The molecule has 0 radical (unpaired) electrons. The van der Waals surface area contributed by atoms with Gasteiger partial charge in [-0.2, -0.15) is 0 Å². The van der Waals surface area contributed by atoms with Crippen molar-refractivity contribution in [3.8, 4) is 16.9 Å². The van der Waals surface area contributed by atoms with Gasteiger partial charge in [-0.1, -0.05) is 17.3 Å². The van der Waals surface area contributed by atoms with Gasteiger partial charge in [0.05, 0.1) is 24.3 Å². The van der Waals surface area contributed by atoms with E-state index in [4.69, 9.17) is 9.26 Å². The van der Waals surface area contributed by atoms with E-state index in [0.29, 0.717) is 5.88 Å². The van der Waals surface area contributed by atoms with Crippen LogP contribution in [-0.2, 0) is 4.79 Å². The van der Waals surface area contributed by atoms with Crippen molar-refractivity contribution < 1.29 is 14.1 Å². The van der Waals surface area contributed by atoms with E-state index in [1.807, 2.05) is 24.3 Å². The largest absolute Gasteiger partial charge is 0.497 e. The zero-order valence-corrected chi connectivity index (χ0v) is 15.0. The van der Waals surface area contributed by atoms with Crippen LogP contribution in [0.5, 0.6) is 5.75 Å². The molecule has 0 aliphatic heterocycles. The van der Waals surface area contributed by atoms with E-state index in [1.165, 1.54) is 19.3 Å². The minimum absolute atomic E-state index is 0.128. The van der Waals surface area contributed by atoms with Crippen LogP contribution in [0.3, 0.4) is 0 Å². The number of nitrogens with zero attached hydrogens (tertiary/aromatic N) is 1. The molecule has 0 saturated heterocycles. The number of aromatic nitrogens is 1. The Morgan fingerprint density at radius 3 is 2.31 bits per heavy atom. The second-order valence-corrected chi connectivity index (χ2v) is 8.45. The van der Waals surface area contributed by atoms with E-state index in [2.05, 4.69) is 10.5 Å². The number of amides is 1. The summed E-state index contributed by atoms with van der Waals surface area (Å²) in [5.74, 6) is 3.59. The van der Waals surface area contributed by atoms with Gasteiger partial charge < -0.3 is 9.26 Å². The van der Waals surface area contributed by atoms with Gasteiger partial charge in [0.2, 0.25) is 11.8 Å². The fourth-order valence-corrected chi connectivity index (χ4v) is 5.93. The molecule has 1 heterocycles. The van der Waals surface area contributed by atoms with Gasteiger partial charge in [-0.3, -0.25) is 10.1 Å². The highest BCUT2D eigenvalue weighted by Crippen LogP contribution is 2.60. The monoisotopic (exact) mass is 352 g/mol. The van der Waals surface area contributed by atoms with Crippen LogP contribution in [0.4, 0.5) is 5.88 Å². The number of rotatable bonds is 4. The number of ether oxygens (including phenoxy) is 1. The Kier molecular flexibility index (Phi) is 3.59. The van der Waals surface area contributed by atoms with Gasteiger partial charge in [-0.05, 0) is 74.0 Å². The summed E-state index contributed by atoms with van der Waals surface area (Å²) in [6.45, 7) is 0. The molecule has 136 valence electrons. The normalized spacial score (nSPS) is 31.8. The van der Waals surface area contributed by atoms with E-state index in [0.717, 1.165) is 53.9 Å². The third kappa shape index (κ3) is 2.52. The first-order valence-corrected chi connectivity index (χ1v) is 9.56. The lowest BCUT2D eigenvalue weighted by Gasteiger charge is -2.55. The molecular weight excluding hydrogens is 328 g/mol. The number of nitrogens with one attached hydrogen (secondary N) is 1. The fourth-order valence-electron chi connectivity index (χ4n) is 5.93. The van der Waals surface area contributed by atoms with E-state index in [1.54, 1.807) is 13.3 Å². The lowest BCUT2D eigenvalue weighted by molar-refractivity contribution is -0.140. The maximum absolute atomic E-state index is 13.2. The molecule has 5 nitrogen and oxygen atoms in total. The summed E-state index contributed by atoms with van der Waals surface area (Å²) in [4.78, 5) is 13.2. The first-order valence-electron chi connectivity index (χ1n) is 9.56. The standard InChI is InChI=1S/C21H24N2O3/c1-25-17-4-2-16(3-5-17)18-12-22-26-19(18)23-20(24)21-9-13-6-14(10-21)8-15(7-13)11-21/h2-5,12-15H,6-11H2,1H3,(H,23,24). The highest BCUT2D eigenvalue weighted by atomic mass is 16.5. The van der Waals surface area contributed by atoms with Gasteiger partial charge in [0.25, 0.3) is 0 Å². The van der Waals surface area contributed by atoms with Gasteiger partial charge in [0.1, 0.15) is 5.75 Å². The molecule has 1 amide bonds. The molecule has 4 fully saturated rings. The van der Waals surface area contributed by atoms with Crippen LogP contribution in [0, 0.1) is 23.2 Å². The quantitative estimate of drug-likeness (QED) is 0.879. The minimum Gasteiger partial charge on any atom is -0.497 e. The summed E-state index contributed by atoms with van der Waals surface area (Å²) in [6.07, 6.45) is 8.76. The van der Waals surface area contributed by atoms with E-state index >= 15 is 0 Å². The zero-order valence-electron chi connectivity index (χ0n) is 15.0. The van der Waals surface area contributed by atoms with Gasteiger partial charge in [0, 0.05) is 0 Å². The summed E-state index contributed by atoms with van der Waals surface area (Å²) in [5, 5.41) is 6.99. The van der Waals surface area contributed by atoms with Crippen molar-refractivity contribution in [2.45, 2.75) is 38.5 Å². The molecule has 2 aromatic rings. The molecule has 6 rings (SSSR count). The average molecular weight is 352 g/mol. The number of hydrogen-bond donors (Lipinski definition) is 1. The molecule has 4 bridgehead atoms. The van der Waals surface area contributed by atoms with Crippen molar-refractivity contribution >= 4 is 11.8 Å². The summed E-state index contributed by atoms with van der Waals surface area (Å²) in [5.41, 5.74) is 1.57.